The van der Waals surface area contributed by atoms with Crippen LogP contribution in [-0.4, -0.2) is 31.7 Å². The van der Waals surface area contributed by atoms with E-state index in [1.165, 1.54) is 11.1 Å². The monoisotopic (exact) mass is 276 g/mol. The van der Waals surface area contributed by atoms with E-state index in [4.69, 9.17) is 4.74 Å². The number of aryl methyl sites for hydroxylation is 1. The van der Waals surface area contributed by atoms with E-state index in [1.54, 1.807) is 0 Å². The van der Waals surface area contributed by atoms with Crippen LogP contribution in [0.1, 0.15) is 36.9 Å². The van der Waals surface area contributed by atoms with Crippen LogP contribution in [0, 0.1) is 6.92 Å². The van der Waals surface area contributed by atoms with Crippen molar-refractivity contribution in [3.05, 3.63) is 35.4 Å². The van der Waals surface area contributed by atoms with Crippen LogP contribution in [0.3, 0.4) is 0 Å². The molecule has 4 nitrogen and oxygen atoms in total. The first-order valence-corrected chi connectivity index (χ1v) is 7.32. The van der Waals surface area contributed by atoms with Crippen molar-refractivity contribution in [1.29, 1.82) is 0 Å². The Hall–Kier alpha value is -1.39. The Bertz CT molecular complexity index is 442. The van der Waals surface area contributed by atoms with Gasteiger partial charge < -0.3 is 15.4 Å². The standard InChI is InChI=1S/C16H24N2O2/c1-12-4-3-5-14(10-12)13(2)17-11-16(19)18-15-6-8-20-9-7-15/h3-5,10,13,15,17H,6-9,11H2,1-2H3,(H,18,19)/t13-/m0/s1. The quantitative estimate of drug-likeness (QED) is 0.864. The lowest BCUT2D eigenvalue weighted by Gasteiger charge is -2.23. The first kappa shape index (κ1) is 15.0. The molecule has 0 unspecified atom stereocenters. The molecule has 1 atom stereocenters. The second-order valence-electron chi connectivity index (χ2n) is 5.47. The number of nitrogens with one attached hydrogen (secondary N) is 2. The molecule has 0 bridgehead atoms. The summed E-state index contributed by atoms with van der Waals surface area (Å²) in [5.41, 5.74) is 2.45. The fourth-order valence-electron chi connectivity index (χ4n) is 2.42. The van der Waals surface area contributed by atoms with Gasteiger partial charge in [0.15, 0.2) is 0 Å². The SMILES string of the molecule is Cc1cccc([C@H](C)NCC(=O)NC2CCOCC2)c1. The molecule has 1 aromatic rings. The molecule has 4 heteroatoms. The van der Waals surface area contributed by atoms with Crippen molar-refractivity contribution in [2.75, 3.05) is 19.8 Å². The maximum absolute atomic E-state index is 11.9. The molecule has 1 aliphatic rings. The van der Waals surface area contributed by atoms with Gasteiger partial charge in [-0.15, -0.1) is 0 Å². The van der Waals surface area contributed by atoms with Crippen LogP contribution in [0.25, 0.3) is 0 Å². The van der Waals surface area contributed by atoms with E-state index in [0.717, 1.165) is 26.1 Å². The minimum atomic E-state index is 0.0661. The van der Waals surface area contributed by atoms with Crippen molar-refractivity contribution in [2.45, 2.75) is 38.8 Å². The Labute approximate surface area is 120 Å². The van der Waals surface area contributed by atoms with E-state index in [-0.39, 0.29) is 18.0 Å². The third-order valence-electron chi connectivity index (χ3n) is 3.70. The molecule has 110 valence electrons. The smallest absolute Gasteiger partial charge is 0.234 e. The van der Waals surface area contributed by atoms with Crippen LogP contribution in [0.15, 0.2) is 24.3 Å². The molecule has 2 rings (SSSR count). The fourth-order valence-corrected chi connectivity index (χ4v) is 2.42. The van der Waals surface area contributed by atoms with E-state index >= 15 is 0 Å². The van der Waals surface area contributed by atoms with E-state index in [0.29, 0.717) is 6.54 Å². The second-order valence-corrected chi connectivity index (χ2v) is 5.47. The summed E-state index contributed by atoms with van der Waals surface area (Å²) in [4.78, 5) is 11.9. The number of hydrogen-bond donors (Lipinski definition) is 2. The number of benzene rings is 1. The van der Waals surface area contributed by atoms with Gasteiger partial charge in [-0.2, -0.15) is 0 Å². The summed E-state index contributed by atoms with van der Waals surface area (Å²) < 4.78 is 5.28. The summed E-state index contributed by atoms with van der Waals surface area (Å²) in [6.07, 6.45) is 1.83. The molecule has 1 aromatic carbocycles. The van der Waals surface area contributed by atoms with Gasteiger partial charge in [-0.25, -0.2) is 0 Å². The number of ether oxygens (including phenoxy) is 1. The van der Waals surface area contributed by atoms with Gasteiger partial charge in [-0.3, -0.25) is 4.79 Å². The van der Waals surface area contributed by atoms with Crippen LogP contribution in [0.2, 0.25) is 0 Å². The summed E-state index contributed by atoms with van der Waals surface area (Å²) in [5.74, 6) is 0.0661. The number of hydrogen-bond acceptors (Lipinski definition) is 3. The molecule has 1 fully saturated rings. The Balaban J connectivity index is 1.75. The van der Waals surface area contributed by atoms with Crippen molar-refractivity contribution in [2.24, 2.45) is 0 Å². The van der Waals surface area contributed by atoms with Crippen LogP contribution in [0.4, 0.5) is 0 Å². The van der Waals surface area contributed by atoms with Gasteiger partial charge in [0.05, 0.1) is 6.54 Å². The summed E-state index contributed by atoms with van der Waals surface area (Å²) in [6, 6.07) is 8.80. The largest absolute Gasteiger partial charge is 0.381 e. The van der Waals surface area contributed by atoms with Crippen molar-refractivity contribution in [3.8, 4) is 0 Å². The summed E-state index contributed by atoms with van der Waals surface area (Å²) in [5, 5.41) is 6.33. The highest BCUT2D eigenvalue weighted by Crippen LogP contribution is 2.13. The molecule has 1 heterocycles. The highest BCUT2D eigenvalue weighted by molar-refractivity contribution is 5.78. The molecule has 0 saturated carbocycles. The Morgan fingerprint density at radius 3 is 2.85 bits per heavy atom. The van der Waals surface area contributed by atoms with Crippen LogP contribution < -0.4 is 10.6 Å². The minimum absolute atomic E-state index is 0.0661. The Morgan fingerprint density at radius 1 is 1.40 bits per heavy atom. The van der Waals surface area contributed by atoms with E-state index in [9.17, 15) is 4.79 Å². The Morgan fingerprint density at radius 2 is 2.15 bits per heavy atom. The highest BCUT2D eigenvalue weighted by Gasteiger charge is 2.16. The first-order valence-electron chi connectivity index (χ1n) is 7.32. The summed E-state index contributed by atoms with van der Waals surface area (Å²) >= 11 is 0. The third-order valence-corrected chi connectivity index (χ3v) is 3.70. The van der Waals surface area contributed by atoms with Crippen LogP contribution in [0.5, 0.6) is 0 Å². The van der Waals surface area contributed by atoms with Crippen molar-refractivity contribution < 1.29 is 9.53 Å². The van der Waals surface area contributed by atoms with Gasteiger partial charge in [0.1, 0.15) is 0 Å². The lowest BCUT2D eigenvalue weighted by atomic mass is 10.1. The van der Waals surface area contributed by atoms with Crippen molar-refractivity contribution >= 4 is 5.91 Å². The van der Waals surface area contributed by atoms with Crippen LogP contribution in [-0.2, 0) is 9.53 Å². The Kier molecular flexibility index (Phi) is 5.56. The van der Waals surface area contributed by atoms with Crippen molar-refractivity contribution in [1.82, 2.24) is 10.6 Å². The first-order chi connectivity index (χ1) is 9.65. The normalized spacial score (nSPS) is 17.7. The molecular formula is C16H24N2O2. The number of rotatable bonds is 5. The van der Waals surface area contributed by atoms with Gasteiger partial charge in [0.25, 0.3) is 0 Å². The van der Waals surface area contributed by atoms with Crippen LogP contribution >= 0.6 is 0 Å². The van der Waals surface area contributed by atoms with Gasteiger partial charge in [0, 0.05) is 25.3 Å². The number of carbonyl (C=O) groups excluding carboxylic acids is 1. The summed E-state index contributed by atoms with van der Waals surface area (Å²) in [7, 11) is 0. The summed E-state index contributed by atoms with van der Waals surface area (Å²) in [6.45, 7) is 6.01. The van der Waals surface area contributed by atoms with Gasteiger partial charge in [-0.1, -0.05) is 29.8 Å². The zero-order chi connectivity index (χ0) is 14.4. The van der Waals surface area contributed by atoms with E-state index < -0.39 is 0 Å². The molecule has 0 spiro atoms. The van der Waals surface area contributed by atoms with Gasteiger partial charge in [-0.05, 0) is 32.3 Å². The van der Waals surface area contributed by atoms with E-state index in [2.05, 4.69) is 42.7 Å². The molecule has 0 aliphatic carbocycles. The molecule has 0 radical (unpaired) electrons. The molecule has 20 heavy (non-hydrogen) atoms. The maximum Gasteiger partial charge on any atom is 0.234 e. The zero-order valence-electron chi connectivity index (χ0n) is 12.3. The molecule has 2 N–H and O–H groups in total. The third kappa shape index (κ3) is 4.62. The average Bonchev–Trinajstić information content (AvgIpc) is 2.46. The minimum Gasteiger partial charge on any atom is -0.381 e. The van der Waals surface area contributed by atoms with E-state index in [1.807, 2.05) is 6.07 Å². The molecule has 1 aliphatic heterocycles. The zero-order valence-corrected chi connectivity index (χ0v) is 12.3. The predicted molar refractivity (Wildman–Crippen MR) is 79.6 cm³/mol. The second kappa shape index (κ2) is 7.41. The average molecular weight is 276 g/mol. The van der Waals surface area contributed by atoms with Gasteiger partial charge in [0.2, 0.25) is 5.91 Å². The number of amides is 1. The molecule has 1 saturated heterocycles. The van der Waals surface area contributed by atoms with Gasteiger partial charge >= 0.3 is 0 Å². The predicted octanol–water partition coefficient (Wildman–Crippen LogP) is 1.94. The maximum atomic E-state index is 11.9. The molecule has 0 aromatic heterocycles. The lowest BCUT2D eigenvalue weighted by molar-refractivity contribution is -0.121. The van der Waals surface area contributed by atoms with Crippen molar-refractivity contribution in [3.63, 3.8) is 0 Å². The molecular weight excluding hydrogens is 252 g/mol. The topological polar surface area (TPSA) is 50.4 Å². The molecule has 1 amide bonds. The lowest BCUT2D eigenvalue weighted by Crippen LogP contribution is -2.43. The fraction of sp³-hybridized carbons (Fsp3) is 0.562. The highest BCUT2D eigenvalue weighted by atomic mass is 16.5. The number of carbonyl (C=O) groups is 1.